The first kappa shape index (κ1) is 12.8. The molecule has 1 aliphatic rings. The van der Waals surface area contributed by atoms with Crippen LogP contribution in [0, 0.1) is 5.92 Å². The lowest BCUT2D eigenvalue weighted by atomic mass is 10.1. The van der Waals surface area contributed by atoms with E-state index >= 15 is 0 Å². The summed E-state index contributed by atoms with van der Waals surface area (Å²) in [6, 6.07) is 0. The van der Waals surface area contributed by atoms with E-state index in [1.165, 1.54) is 13.0 Å². The molecular weight excluding hydrogens is 243 g/mol. The molecule has 2 nitrogen and oxygen atoms in total. The number of carbonyl (C=O) groups is 1. The van der Waals surface area contributed by atoms with Crippen molar-refractivity contribution in [2.24, 2.45) is 11.7 Å². The highest BCUT2D eigenvalue weighted by molar-refractivity contribution is 6.35. The first-order chi connectivity index (χ1) is 7.21. The number of hydrogen-bond acceptors (Lipinski definition) is 1. The van der Waals surface area contributed by atoms with Crippen LogP contribution in [0.1, 0.15) is 6.92 Å². The van der Waals surface area contributed by atoms with Gasteiger partial charge in [0.2, 0.25) is 5.91 Å². The van der Waals surface area contributed by atoms with Crippen LogP contribution in [0.2, 0.25) is 0 Å². The summed E-state index contributed by atoms with van der Waals surface area (Å²) in [6.07, 6.45) is -1.52. The largest absolute Gasteiger partial charge is 0.416 e. The van der Waals surface area contributed by atoms with Gasteiger partial charge in [0.25, 0.3) is 0 Å². The topological polar surface area (TPSA) is 43.1 Å². The SMILES string of the molecule is CC1C=C(Cl)C(C(N)=O)=CC(C(F)(F)F)=C1. The quantitative estimate of drug-likeness (QED) is 0.765. The summed E-state index contributed by atoms with van der Waals surface area (Å²) in [5.74, 6) is -1.50. The summed E-state index contributed by atoms with van der Waals surface area (Å²) in [6.45, 7) is 1.53. The number of rotatable bonds is 1. The van der Waals surface area contributed by atoms with Gasteiger partial charge in [-0.15, -0.1) is 0 Å². The molecule has 1 aliphatic carbocycles. The normalized spacial score (nSPS) is 21.8. The van der Waals surface area contributed by atoms with E-state index in [2.05, 4.69) is 0 Å². The van der Waals surface area contributed by atoms with E-state index in [0.717, 1.165) is 6.08 Å². The van der Waals surface area contributed by atoms with Gasteiger partial charge in [-0.05, 0) is 12.0 Å². The summed E-state index contributed by atoms with van der Waals surface area (Å²) in [4.78, 5) is 10.9. The highest BCUT2D eigenvalue weighted by Crippen LogP contribution is 2.33. The van der Waals surface area contributed by atoms with Gasteiger partial charge in [0.15, 0.2) is 0 Å². The summed E-state index contributed by atoms with van der Waals surface area (Å²) in [5.41, 5.74) is 3.71. The molecule has 1 unspecified atom stereocenters. The molecule has 1 atom stereocenters. The van der Waals surface area contributed by atoms with Gasteiger partial charge in [-0.1, -0.05) is 30.7 Å². The Morgan fingerprint density at radius 2 is 2.00 bits per heavy atom. The van der Waals surface area contributed by atoms with Gasteiger partial charge in [-0.2, -0.15) is 13.2 Å². The predicted molar refractivity (Wildman–Crippen MR) is 54.5 cm³/mol. The standard InChI is InChI=1S/C10H9ClF3NO/c1-5-2-6(10(12,13)14)4-7(9(15)16)8(11)3-5/h2-5H,1H3,(H2,15,16). The van der Waals surface area contributed by atoms with Crippen molar-refractivity contribution >= 4 is 17.5 Å². The van der Waals surface area contributed by atoms with E-state index in [0.29, 0.717) is 6.08 Å². The molecule has 0 aromatic rings. The molecule has 0 radical (unpaired) electrons. The first-order valence-corrected chi connectivity index (χ1v) is 4.78. The predicted octanol–water partition coefficient (Wildman–Crippen LogP) is 2.66. The maximum absolute atomic E-state index is 12.5. The average Bonchev–Trinajstić information content (AvgIpc) is 2.22. The van der Waals surface area contributed by atoms with Crippen molar-refractivity contribution in [3.05, 3.63) is 34.4 Å². The van der Waals surface area contributed by atoms with Gasteiger partial charge in [0.1, 0.15) is 0 Å². The van der Waals surface area contributed by atoms with Crippen LogP contribution >= 0.6 is 11.6 Å². The van der Waals surface area contributed by atoms with E-state index < -0.39 is 23.6 Å². The molecule has 2 N–H and O–H groups in total. The summed E-state index contributed by atoms with van der Waals surface area (Å²) in [7, 11) is 0. The fraction of sp³-hybridized carbons (Fsp3) is 0.300. The molecule has 0 aliphatic heterocycles. The maximum atomic E-state index is 12.5. The lowest BCUT2D eigenvalue weighted by Gasteiger charge is -2.08. The monoisotopic (exact) mass is 251 g/mol. The minimum absolute atomic E-state index is 0.0597. The van der Waals surface area contributed by atoms with Gasteiger partial charge >= 0.3 is 6.18 Å². The van der Waals surface area contributed by atoms with Crippen LogP contribution in [0.4, 0.5) is 13.2 Å². The third kappa shape index (κ3) is 2.88. The smallest absolute Gasteiger partial charge is 0.366 e. The van der Waals surface area contributed by atoms with Gasteiger partial charge < -0.3 is 5.73 Å². The molecule has 16 heavy (non-hydrogen) atoms. The third-order valence-electron chi connectivity index (χ3n) is 2.00. The zero-order valence-electron chi connectivity index (χ0n) is 8.31. The lowest BCUT2D eigenvalue weighted by Crippen LogP contribution is -2.16. The van der Waals surface area contributed by atoms with Gasteiger partial charge in [0, 0.05) is 5.03 Å². The van der Waals surface area contributed by atoms with Crippen LogP contribution in [-0.2, 0) is 4.79 Å². The first-order valence-electron chi connectivity index (χ1n) is 4.40. The number of alkyl halides is 3. The minimum Gasteiger partial charge on any atom is -0.366 e. The van der Waals surface area contributed by atoms with Crippen LogP contribution in [0.15, 0.2) is 34.4 Å². The second-order valence-electron chi connectivity index (χ2n) is 3.42. The van der Waals surface area contributed by atoms with Crippen LogP contribution in [0.3, 0.4) is 0 Å². The van der Waals surface area contributed by atoms with E-state index in [1.807, 2.05) is 0 Å². The van der Waals surface area contributed by atoms with Crippen LogP contribution in [0.25, 0.3) is 0 Å². The molecule has 0 saturated heterocycles. The summed E-state index contributed by atoms with van der Waals surface area (Å²) >= 11 is 5.68. The maximum Gasteiger partial charge on any atom is 0.416 e. The summed E-state index contributed by atoms with van der Waals surface area (Å²) in [5, 5.41) is -0.0597. The Kier molecular flexibility index (Phi) is 3.48. The van der Waals surface area contributed by atoms with E-state index in [9.17, 15) is 18.0 Å². The number of primary amides is 1. The van der Waals surface area contributed by atoms with Crippen molar-refractivity contribution in [2.45, 2.75) is 13.1 Å². The van der Waals surface area contributed by atoms with E-state index in [4.69, 9.17) is 17.3 Å². The van der Waals surface area contributed by atoms with Crippen molar-refractivity contribution in [3.63, 3.8) is 0 Å². The molecule has 1 rings (SSSR count). The lowest BCUT2D eigenvalue weighted by molar-refractivity contribution is -0.114. The van der Waals surface area contributed by atoms with Gasteiger partial charge in [0.05, 0.1) is 11.1 Å². The molecule has 0 spiro atoms. The minimum atomic E-state index is -4.52. The number of carbonyl (C=O) groups excluding carboxylic acids is 1. The second kappa shape index (κ2) is 4.33. The Morgan fingerprint density at radius 1 is 1.44 bits per heavy atom. The molecule has 88 valence electrons. The van der Waals surface area contributed by atoms with E-state index in [-0.39, 0.29) is 10.6 Å². The van der Waals surface area contributed by atoms with Crippen molar-refractivity contribution in [1.29, 1.82) is 0 Å². The number of nitrogens with two attached hydrogens (primary N) is 1. The fourth-order valence-corrected chi connectivity index (χ4v) is 1.64. The zero-order valence-corrected chi connectivity index (χ0v) is 9.06. The van der Waals surface area contributed by atoms with Gasteiger partial charge in [-0.3, -0.25) is 4.79 Å². The Labute approximate surface area is 95.3 Å². The molecular formula is C10H9ClF3NO. The average molecular weight is 252 g/mol. The Bertz CT molecular complexity index is 407. The molecule has 0 heterocycles. The molecule has 1 amide bonds. The van der Waals surface area contributed by atoms with Crippen molar-refractivity contribution in [1.82, 2.24) is 0 Å². The van der Waals surface area contributed by atoms with Crippen molar-refractivity contribution in [3.8, 4) is 0 Å². The number of allylic oxidation sites excluding steroid dienone is 4. The van der Waals surface area contributed by atoms with E-state index in [1.54, 1.807) is 0 Å². The molecule has 0 bridgehead atoms. The fourth-order valence-electron chi connectivity index (χ4n) is 1.29. The molecule has 0 saturated carbocycles. The number of amides is 1. The van der Waals surface area contributed by atoms with Crippen LogP contribution in [-0.4, -0.2) is 12.1 Å². The Hall–Kier alpha value is -1.23. The highest BCUT2D eigenvalue weighted by atomic mass is 35.5. The highest BCUT2D eigenvalue weighted by Gasteiger charge is 2.34. The molecule has 0 aromatic heterocycles. The molecule has 6 heteroatoms. The number of halogens is 4. The van der Waals surface area contributed by atoms with Crippen molar-refractivity contribution in [2.75, 3.05) is 0 Å². The number of hydrogen-bond donors (Lipinski definition) is 1. The van der Waals surface area contributed by atoms with Crippen molar-refractivity contribution < 1.29 is 18.0 Å². The molecule has 0 aromatic carbocycles. The van der Waals surface area contributed by atoms with Crippen LogP contribution < -0.4 is 5.73 Å². The summed E-state index contributed by atoms with van der Waals surface area (Å²) < 4.78 is 37.6. The zero-order chi connectivity index (χ0) is 12.5. The second-order valence-corrected chi connectivity index (χ2v) is 3.82. The van der Waals surface area contributed by atoms with Gasteiger partial charge in [-0.25, -0.2) is 0 Å². The Morgan fingerprint density at radius 3 is 2.44 bits per heavy atom. The molecule has 0 fully saturated rings. The van der Waals surface area contributed by atoms with Crippen LogP contribution in [0.5, 0.6) is 0 Å². The Balaban J connectivity index is 3.28. The third-order valence-corrected chi connectivity index (χ3v) is 2.33.